The first-order chi connectivity index (χ1) is 12.1. The molecule has 0 saturated heterocycles. The predicted octanol–water partition coefficient (Wildman–Crippen LogP) is 2.09. The van der Waals surface area contributed by atoms with Gasteiger partial charge in [0.15, 0.2) is 11.5 Å². The summed E-state index contributed by atoms with van der Waals surface area (Å²) >= 11 is 0. The van der Waals surface area contributed by atoms with E-state index in [-0.39, 0.29) is 29.2 Å². The van der Waals surface area contributed by atoms with Crippen molar-refractivity contribution in [3.8, 4) is 11.5 Å². The molecule has 2 aromatic rings. The third kappa shape index (κ3) is 4.57. The van der Waals surface area contributed by atoms with Gasteiger partial charge in [-0.3, -0.25) is 4.79 Å². The number of hydrogen-bond acceptors (Lipinski definition) is 5. The molecule has 7 nitrogen and oxygen atoms in total. The minimum atomic E-state index is -1.19. The molecular formula is C18H18N2O5. The number of nitrogens with zero attached hydrogens (tertiary/aromatic N) is 1. The van der Waals surface area contributed by atoms with E-state index in [1.165, 1.54) is 26.5 Å². The topological polar surface area (TPSA) is 97.2 Å². The standard InChI is InChI=1S/C18H18N2O5/c1-24-14-9-8-13(16(18(22)23)17(14)25-2)11-19-20-15(21)10-12-6-4-3-5-7-12/h3-9,11H,10H2,1-2H3,(H,20,21)(H,22,23)/b19-11-. The van der Waals surface area contributed by atoms with Crippen molar-refractivity contribution in [2.75, 3.05) is 14.2 Å². The van der Waals surface area contributed by atoms with Crippen molar-refractivity contribution < 1.29 is 24.2 Å². The summed E-state index contributed by atoms with van der Waals surface area (Å²) in [7, 11) is 2.77. The first-order valence-electron chi connectivity index (χ1n) is 7.41. The van der Waals surface area contributed by atoms with Crippen molar-refractivity contribution in [2.24, 2.45) is 5.10 Å². The first-order valence-corrected chi connectivity index (χ1v) is 7.41. The normalized spacial score (nSPS) is 10.5. The van der Waals surface area contributed by atoms with Crippen molar-refractivity contribution in [1.82, 2.24) is 5.43 Å². The average molecular weight is 342 g/mol. The van der Waals surface area contributed by atoms with Crippen LogP contribution < -0.4 is 14.9 Å². The van der Waals surface area contributed by atoms with Crippen molar-refractivity contribution in [3.05, 3.63) is 59.2 Å². The summed E-state index contributed by atoms with van der Waals surface area (Å²) in [5.74, 6) is -1.10. The van der Waals surface area contributed by atoms with Gasteiger partial charge in [-0.25, -0.2) is 10.2 Å². The van der Waals surface area contributed by atoms with Gasteiger partial charge in [0.2, 0.25) is 5.91 Å². The molecule has 0 aromatic heterocycles. The van der Waals surface area contributed by atoms with E-state index in [1.807, 2.05) is 30.3 Å². The maximum Gasteiger partial charge on any atom is 0.340 e. The molecule has 0 heterocycles. The van der Waals surface area contributed by atoms with Crippen LogP contribution in [0, 0.1) is 0 Å². The fourth-order valence-electron chi connectivity index (χ4n) is 2.26. The molecule has 2 N–H and O–H groups in total. The fourth-order valence-corrected chi connectivity index (χ4v) is 2.26. The van der Waals surface area contributed by atoms with Crippen LogP contribution in [0.15, 0.2) is 47.6 Å². The minimum absolute atomic E-state index is 0.0922. The summed E-state index contributed by atoms with van der Waals surface area (Å²) in [6.45, 7) is 0. The molecule has 130 valence electrons. The van der Waals surface area contributed by atoms with Crippen molar-refractivity contribution >= 4 is 18.1 Å². The second kappa shape index (κ2) is 8.49. The maximum atomic E-state index is 11.9. The lowest BCUT2D eigenvalue weighted by molar-refractivity contribution is -0.120. The SMILES string of the molecule is COc1ccc(/C=N\NC(=O)Cc2ccccc2)c(C(=O)O)c1OC. The number of amides is 1. The van der Waals surface area contributed by atoms with Crippen molar-refractivity contribution in [3.63, 3.8) is 0 Å². The number of nitrogens with one attached hydrogen (secondary N) is 1. The van der Waals surface area contributed by atoms with E-state index < -0.39 is 5.97 Å². The maximum absolute atomic E-state index is 11.9. The third-order valence-electron chi connectivity index (χ3n) is 3.39. The Kier molecular flexibility index (Phi) is 6.11. The van der Waals surface area contributed by atoms with Crippen molar-refractivity contribution in [2.45, 2.75) is 6.42 Å². The molecule has 7 heteroatoms. The number of benzene rings is 2. The Labute approximate surface area is 144 Å². The monoisotopic (exact) mass is 342 g/mol. The third-order valence-corrected chi connectivity index (χ3v) is 3.39. The van der Waals surface area contributed by atoms with Gasteiger partial charge in [0.1, 0.15) is 5.56 Å². The molecule has 25 heavy (non-hydrogen) atoms. The number of rotatable bonds is 7. The van der Waals surface area contributed by atoms with E-state index in [0.717, 1.165) is 5.56 Å². The largest absolute Gasteiger partial charge is 0.493 e. The van der Waals surface area contributed by atoms with Gasteiger partial charge < -0.3 is 14.6 Å². The highest BCUT2D eigenvalue weighted by molar-refractivity contribution is 6.02. The predicted molar refractivity (Wildman–Crippen MR) is 92.4 cm³/mol. The highest BCUT2D eigenvalue weighted by atomic mass is 16.5. The van der Waals surface area contributed by atoms with E-state index in [9.17, 15) is 14.7 Å². The second-order valence-corrected chi connectivity index (χ2v) is 5.03. The summed E-state index contributed by atoms with van der Waals surface area (Å²) < 4.78 is 10.2. The molecule has 2 aromatic carbocycles. The Balaban J connectivity index is 2.15. The lowest BCUT2D eigenvalue weighted by atomic mass is 10.1. The van der Waals surface area contributed by atoms with Crippen LogP contribution in [0.25, 0.3) is 0 Å². The Hall–Kier alpha value is -3.35. The Morgan fingerprint density at radius 1 is 1.12 bits per heavy atom. The molecule has 0 unspecified atom stereocenters. The number of carbonyl (C=O) groups is 2. The van der Waals surface area contributed by atoms with Crippen LogP contribution in [-0.2, 0) is 11.2 Å². The number of hydrazone groups is 1. The number of carboxylic acids is 1. The van der Waals surface area contributed by atoms with E-state index in [4.69, 9.17) is 9.47 Å². The molecule has 0 aliphatic carbocycles. The zero-order chi connectivity index (χ0) is 18.2. The molecule has 1 amide bonds. The Morgan fingerprint density at radius 3 is 2.44 bits per heavy atom. The van der Waals surface area contributed by atoms with Crippen LogP contribution in [0.1, 0.15) is 21.5 Å². The lowest BCUT2D eigenvalue weighted by Crippen LogP contribution is -2.20. The summed E-state index contributed by atoms with van der Waals surface area (Å²) in [5.41, 5.74) is 3.42. The van der Waals surface area contributed by atoms with E-state index >= 15 is 0 Å². The number of ether oxygens (including phenoxy) is 2. The van der Waals surface area contributed by atoms with Gasteiger partial charge in [0, 0.05) is 5.56 Å². The van der Waals surface area contributed by atoms with Crippen molar-refractivity contribution in [1.29, 1.82) is 0 Å². The molecule has 0 aliphatic rings. The number of aromatic carboxylic acids is 1. The van der Waals surface area contributed by atoms with E-state index in [0.29, 0.717) is 5.75 Å². The van der Waals surface area contributed by atoms with Crippen LogP contribution in [-0.4, -0.2) is 37.4 Å². The minimum Gasteiger partial charge on any atom is -0.493 e. The second-order valence-electron chi connectivity index (χ2n) is 5.03. The fraction of sp³-hybridized carbons (Fsp3) is 0.167. The number of methoxy groups -OCH3 is 2. The molecule has 0 aliphatic heterocycles. The lowest BCUT2D eigenvalue weighted by Gasteiger charge is -2.12. The molecule has 0 bridgehead atoms. The Morgan fingerprint density at radius 2 is 1.84 bits per heavy atom. The van der Waals surface area contributed by atoms with Gasteiger partial charge in [-0.1, -0.05) is 30.3 Å². The van der Waals surface area contributed by atoms with Crippen LogP contribution in [0.2, 0.25) is 0 Å². The van der Waals surface area contributed by atoms with Crippen LogP contribution in [0.3, 0.4) is 0 Å². The van der Waals surface area contributed by atoms with Gasteiger partial charge in [-0.15, -0.1) is 0 Å². The zero-order valence-corrected chi connectivity index (χ0v) is 13.9. The molecular weight excluding hydrogens is 324 g/mol. The highest BCUT2D eigenvalue weighted by Gasteiger charge is 2.20. The van der Waals surface area contributed by atoms with Gasteiger partial charge in [0.25, 0.3) is 0 Å². The van der Waals surface area contributed by atoms with Gasteiger partial charge in [-0.05, 0) is 17.7 Å². The zero-order valence-electron chi connectivity index (χ0n) is 13.9. The molecule has 0 fully saturated rings. The molecule has 0 spiro atoms. The number of carboxylic acid groups (broad SMARTS) is 1. The quantitative estimate of drug-likeness (QED) is 0.593. The first kappa shape index (κ1) is 18.0. The van der Waals surface area contributed by atoms with Gasteiger partial charge in [-0.2, -0.15) is 5.10 Å². The number of hydrogen-bond donors (Lipinski definition) is 2. The number of carbonyl (C=O) groups excluding carboxylic acids is 1. The average Bonchev–Trinajstić information content (AvgIpc) is 2.61. The van der Waals surface area contributed by atoms with Gasteiger partial charge >= 0.3 is 5.97 Å². The van der Waals surface area contributed by atoms with E-state index in [1.54, 1.807) is 6.07 Å². The summed E-state index contributed by atoms with van der Waals surface area (Å²) in [6.07, 6.45) is 1.43. The summed E-state index contributed by atoms with van der Waals surface area (Å²) in [6, 6.07) is 12.3. The van der Waals surface area contributed by atoms with E-state index in [2.05, 4.69) is 10.5 Å². The molecule has 0 radical (unpaired) electrons. The molecule has 2 rings (SSSR count). The summed E-state index contributed by atoms with van der Waals surface area (Å²) in [4.78, 5) is 23.4. The summed E-state index contributed by atoms with van der Waals surface area (Å²) in [5, 5.41) is 13.2. The Bertz CT molecular complexity index is 788. The molecule has 0 saturated carbocycles. The smallest absolute Gasteiger partial charge is 0.340 e. The van der Waals surface area contributed by atoms with Gasteiger partial charge in [0.05, 0.1) is 26.9 Å². The molecule has 0 atom stereocenters. The highest BCUT2D eigenvalue weighted by Crippen LogP contribution is 2.32. The van der Waals surface area contributed by atoms with Crippen LogP contribution >= 0.6 is 0 Å². The van der Waals surface area contributed by atoms with Crippen LogP contribution in [0.5, 0.6) is 11.5 Å². The van der Waals surface area contributed by atoms with Crippen LogP contribution in [0.4, 0.5) is 0 Å².